The summed E-state index contributed by atoms with van der Waals surface area (Å²) in [5.74, 6) is -1.59. The van der Waals surface area contributed by atoms with E-state index in [0.29, 0.717) is 6.42 Å². The Bertz CT molecular complexity index is 411. The molecule has 0 aromatic heterocycles. The highest BCUT2D eigenvalue weighted by atomic mass is 31.2. The summed E-state index contributed by atoms with van der Waals surface area (Å²) in [5.41, 5.74) is 0.882. The monoisotopic (exact) mass is 258 g/mol. The predicted molar refractivity (Wildman–Crippen MR) is 62.8 cm³/mol. The molecule has 1 unspecified atom stereocenters. The van der Waals surface area contributed by atoms with Crippen LogP contribution in [0.25, 0.3) is 0 Å². The van der Waals surface area contributed by atoms with E-state index in [2.05, 4.69) is 0 Å². The smallest absolute Gasteiger partial charge is 0.325 e. The zero-order valence-electron chi connectivity index (χ0n) is 9.19. The zero-order chi connectivity index (χ0) is 12.9. The van der Waals surface area contributed by atoms with Gasteiger partial charge in [-0.05, 0) is 17.9 Å². The minimum atomic E-state index is -4.18. The third-order valence-electron chi connectivity index (χ3n) is 2.33. The van der Waals surface area contributed by atoms with Crippen LogP contribution in [0, 0.1) is 5.92 Å². The van der Waals surface area contributed by atoms with Gasteiger partial charge in [0, 0.05) is 6.42 Å². The predicted octanol–water partition coefficient (Wildman–Crippen LogP) is 1.50. The zero-order valence-corrected chi connectivity index (χ0v) is 10.1. The van der Waals surface area contributed by atoms with Gasteiger partial charge >= 0.3 is 13.6 Å². The molecule has 0 fully saturated rings. The molecule has 0 amide bonds. The molecule has 0 saturated carbocycles. The Balaban J connectivity index is 2.70. The third kappa shape index (κ3) is 6.22. The van der Waals surface area contributed by atoms with Crippen LogP contribution < -0.4 is 0 Å². The van der Waals surface area contributed by atoms with Crippen molar-refractivity contribution in [1.82, 2.24) is 0 Å². The van der Waals surface area contributed by atoms with Gasteiger partial charge in [-0.25, -0.2) is 0 Å². The van der Waals surface area contributed by atoms with E-state index in [0.717, 1.165) is 5.56 Å². The molecule has 1 aromatic rings. The van der Waals surface area contributed by atoms with Gasteiger partial charge in [-0.1, -0.05) is 30.3 Å². The Kier molecular flexibility index (Phi) is 4.87. The van der Waals surface area contributed by atoms with Gasteiger partial charge < -0.3 is 14.9 Å². The molecule has 0 aliphatic carbocycles. The minimum Gasteiger partial charge on any atom is -0.481 e. The molecule has 0 heterocycles. The van der Waals surface area contributed by atoms with Crippen molar-refractivity contribution in [1.29, 1.82) is 0 Å². The first-order valence-electron chi connectivity index (χ1n) is 5.17. The Morgan fingerprint density at radius 3 is 2.29 bits per heavy atom. The summed E-state index contributed by atoms with van der Waals surface area (Å²) in [4.78, 5) is 28.4. The summed E-state index contributed by atoms with van der Waals surface area (Å²) >= 11 is 0. The lowest BCUT2D eigenvalue weighted by Crippen LogP contribution is -2.15. The second kappa shape index (κ2) is 5.96. The molecule has 0 saturated heterocycles. The van der Waals surface area contributed by atoms with Crippen LogP contribution in [0.5, 0.6) is 0 Å². The summed E-state index contributed by atoms with van der Waals surface area (Å²) in [6.07, 6.45) is -0.271. The first-order valence-corrected chi connectivity index (χ1v) is 6.97. The number of rotatable bonds is 6. The van der Waals surface area contributed by atoms with Crippen molar-refractivity contribution in [3.05, 3.63) is 35.9 Å². The lowest BCUT2D eigenvalue weighted by molar-refractivity contribution is -0.137. The molecule has 0 radical (unpaired) electrons. The molecule has 17 heavy (non-hydrogen) atoms. The normalized spacial score (nSPS) is 13.3. The molecule has 5 nitrogen and oxygen atoms in total. The molecule has 0 aliphatic heterocycles. The summed E-state index contributed by atoms with van der Waals surface area (Å²) in [6.45, 7) is 0. The van der Waals surface area contributed by atoms with Crippen molar-refractivity contribution in [3.8, 4) is 0 Å². The van der Waals surface area contributed by atoms with Crippen LogP contribution in [0.4, 0.5) is 0 Å². The lowest BCUT2D eigenvalue weighted by atomic mass is 9.98. The van der Waals surface area contributed by atoms with E-state index in [4.69, 9.17) is 14.9 Å². The average molecular weight is 258 g/mol. The van der Waals surface area contributed by atoms with Gasteiger partial charge in [0.25, 0.3) is 0 Å². The van der Waals surface area contributed by atoms with Crippen LogP contribution in [-0.2, 0) is 15.8 Å². The van der Waals surface area contributed by atoms with Crippen molar-refractivity contribution in [2.45, 2.75) is 12.8 Å². The molecule has 0 bridgehead atoms. The summed E-state index contributed by atoms with van der Waals surface area (Å²) in [5, 5.41) is 8.71. The van der Waals surface area contributed by atoms with E-state index < -0.39 is 25.6 Å². The van der Waals surface area contributed by atoms with Crippen LogP contribution in [0.2, 0.25) is 0 Å². The van der Waals surface area contributed by atoms with Crippen molar-refractivity contribution < 1.29 is 24.3 Å². The van der Waals surface area contributed by atoms with E-state index in [9.17, 15) is 9.36 Å². The fourth-order valence-corrected chi connectivity index (χ4v) is 2.66. The highest BCUT2D eigenvalue weighted by molar-refractivity contribution is 7.51. The molecule has 1 rings (SSSR count). The second-order valence-electron chi connectivity index (χ2n) is 4.00. The summed E-state index contributed by atoms with van der Waals surface area (Å²) in [7, 11) is -4.18. The number of benzene rings is 1. The van der Waals surface area contributed by atoms with Crippen molar-refractivity contribution in [2.24, 2.45) is 5.92 Å². The van der Waals surface area contributed by atoms with Crippen LogP contribution >= 0.6 is 7.60 Å². The molecule has 94 valence electrons. The van der Waals surface area contributed by atoms with Crippen LogP contribution in [0.3, 0.4) is 0 Å². The highest BCUT2D eigenvalue weighted by Crippen LogP contribution is 2.38. The Morgan fingerprint density at radius 2 is 1.82 bits per heavy atom. The number of aliphatic carboxylic acids is 1. The standard InChI is InChI=1S/C11H15O5P/c12-11(13)7-10(8-17(14,15)16)6-9-4-2-1-3-5-9/h1-5,10H,6-8H2,(H,12,13)(H2,14,15,16). The van der Waals surface area contributed by atoms with E-state index >= 15 is 0 Å². The molecule has 1 atom stereocenters. The molecular formula is C11H15O5P. The summed E-state index contributed by atoms with van der Waals surface area (Å²) in [6, 6.07) is 9.08. The number of hydrogen-bond donors (Lipinski definition) is 3. The molecule has 0 aliphatic rings. The fraction of sp³-hybridized carbons (Fsp3) is 0.364. The molecule has 3 N–H and O–H groups in total. The van der Waals surface area contributed by atoms with Crippen molar-refractivity contribution >= 4 is 13.6 Å². The van der Waals surface area contributed by atoms with Gasteiger partial charge in [-0.2, -0.15) is 0 Å². The second-order valence-corrected chi connectivity index (χ2v) is 5.70. The van der Waals surface area contributed by atoms with E-state index in [-0.39, 0.29) is 6.42 Å². The third-order valence-corrected chi connectivity index (χ3v) is 3.32. The minimum absolute atomic E-state index is 0.236. The highest BCUT2D eigenvalue weighted by Gasteiger charge is 2.23. The fourth-order valence-electron chi connectivity index (χ4n) is 1.73. The topological polar surface area (TPSA) is 94.8 Å². The first-order chi connectivity index (χ1) is 7.87. The van der Waals surface area contributed by atoms with Crippen LogP contribution in [-0.4, -0.2) is 27.0 Å². The van der Waals surface area contributed by atoms with Gasteiger partial charge in [-0.3, -0.25) is 9.36 Å². The number of carboxylic acids is 1. The Labute approximate surface area is 99.3 Å². The van der Waals surface area contributed by atoms with E-state index in [1.54, 1.807) is 0 Å². The maximum absolute atomic E-state index is 10.9. The molecular weight excluding hydrogens is 243 g/mol. The SMILES string of the molecule is O=C(O)CC(Cc1ccccc1)CP(=O)(O)O. The van der Waals surface area contributed by atoms with Crippen molar-refractivity contribution in [2.75, 3.05) is 6.16 Å². The maximum atomic E-state index is 10.9. The summed E-state index contributed by atoms with van der Waals surface area (Å²) < 4.78 is 10.9. The van der Waals surface area contributed by atoms with Crippen LogP contribution in [0.1, 0.15) is 12.0 Å². The molecule has 6 heteroatoms. The largest absolute Gasteiger partial charge is 0.481 e. The van der Waals surface area contributed by atoms with E-state index in [1.807, 2.05) is 30.3 Å². The van der Waals surface area contributed by atoms with Gasteiger partial charge in [-0.15, -0.1) is 0 Å². The van der Waals surface area contributed by atoms with Gasteiger partial charge in [0.2, 0.25) is 0 Å². The quantitative estimate of drug-likeness (QED) is 0.672. The van der Waals surface area contributed by atoms with E-state index in [1.165, 1.54) is 0 Å². The molecule has 0 spiro atoms. The number of carboxylic acid groups (broad SMARTS) is 1. The van der Waals surface area contributed by atoms with Gasteiger partial charge in [0.05, 0.1) is 6.16 Å². The van der Waals surface area contributed by atoms with Gasteiger partial charge in [0.1, 0.15) is 0 Å². The van der Waals surface area contributed by atoms with Crippen molar-refractivity contribution in [3.63, 3.8) is 0 Å². The average Bonchev–Trinajstić information content (AvgIpc) is 2.15. The Hall–Kier alpha value is -1.16. The Morgan fingerprint density at radius 1 is 1.24 bits per heavy atom. The number of carbonyl (C=O) groups is 1. The van der Waals surface area contributed by atoms with Crippen LogP contribution in [0.15, 0.2) is 30.3 Å². The van der Waals surface area contributed by atoms with Gasteiger partial charge in [0.15, 0.2) is 0 Å². The first kappa shape index (κ1) is 13.9. The number of hydrogen-bond acceptors (Lipinski definition) is 2. The maximum Gasteiger partial charge on any atom is 0.325 e. The lowest BCUT2D eigenvalue weighted by Gasteiger charge is -2.15. The molecule has 1 aromatic carbocycles.